The number of nitrogens with one attached hydrogen (secondary N) is 1. The molecule has 0 amide bonds. The average Bonchev–Trinajstić information content (AvgIpc) is 3.45. The first kappa shape index (κ1) is 17.2. The number of nitrogens with zero attached hydrogens (tertiary/aromatic N) is 2. The van der Waals surface area contributed by atoms with Crippen molar-refractivity contribution in [2.24, 2.45) is 0 Å². The molecular weight excluding hydrogens is 302 g/mol. The molecule has 130 valence electrons. The SMILES string of the molecule is N#CCCCOc1cccc(CNCC2CN(C3CC3)CCO2)c1. The maximum absolute atomic E-state index is 8.54. The number of hydrogen-bond donors (Lipinski definition) is 1. The Morgan fingerprint density at radius 3 is 3.12 bits per heavy atom. The third kappa shape index (κ3) is 5.48. The van der Waals surface area contributed by atoms with Crippen LogP contribution in [0.2, 0.25) is 0 Å². The van der Waals surface area contributed by atoms with Gasteiger partial charge in [-0.1, -0.05) is 12.1 Å². The Kier molecular flexibility index (Phi) is 6.48. The van der Waals surface area contributed by atoms with E-state index in [-0.39, 0.29) is 0 Å². The first-order valence-corrected chi connectivity index (χ1v) is 9.00. The number of ether oxygens (including phenoxy) is 2. The Hall–Kier alpha value is -1.61. The Morgan fingerprint density at radius 1 is 1.38 bits per heavy atom. The summed E-state index contributed by atoms with van der Waals surface area (Å²) in [7, 11) is 0. The molecule has 1 atom stereocenters. The first-order valence-electron chi connectivity index (χ1n) is 9.00. The third-order valence-corrected chi connectivity index (χ3v) is 4.53. The molecule has 1 saturated carbocycles. The molecule has 1 aromatic rings. The van der Waals surface area contributed by atoms with Gasteiger partial charge in [0.2, 0.25) is 0 Å². The lowest BCUT2D eigenvalue weighted by Crippen LogP contribution is -2.47. The summed E-state index contributed by atoms with van der Waals surface area (Å²) in [6.07, 6.45) is 4.34. The number of benzene rings is 1. The molecule has 2 aliphatic rings. The molecule has 5 nitrogen and oxygen atoms in total. The molecule has 1 aromatic carbocycles. The maximum Gasteiger partial charge on any atom is 0.119 e. The number of nitriles is 1. The van der Waals surface area contributed by atoms with Crippen LogP contribution in [0, 0.1) is 11.3 Å². The van der Waals surface area contributed by atoms with E-state index in [1.165, 1.54) is 18.4 Å². The van der Waals surface area contributed by atoms with Crippen LogP contribution in [0.1, 0.15) is 31.2 Å². The fourth-order valence-electron chi connectivity index (χ4n) is 3.10. The normalized spacial score (nSPS) is 21.4. The van der Waals surface area contributed by atoms with E-state index >= 15 is 0 Å². The van der Waals surface area contributed by atoms with Crippen molar-refractivity contribution in [1.29, 1.82) is 5.26 Å². The second-order valence-electron chi connectivity index (χ2n) is 6.61. The molecule has 0 radical (unpaired) electrons. The number of unbranched alkanes of at least 4 members (excludes halogenated alkanes) is 1. The minimum absolute atomic E-state index is 0.296. The Balaban J connectivity index is 1.37. The van der Waals surface area contributed by atoms with E-state index < -0.39 is 0 Å². The van der Waals surface area contributed by atoms with Gasteiger partial charge in [-0.3, -0.25) is 4.90 Å². The number of morpholine rings is 1. The van der Waals surface area contributed by atoms with Crippen molar-refractivity contribution in [2.75, 3.05) is 32.8 Å². The van der Waals surface area contributed by atoms with E-state index in [9.17, 15) is 0 Å². The van der Waals surface area contributed by atoms with Crippen LogP contribution < -0.4 is 10.1 Å². The molecular formula is C19H27N3O2. The predicted octanol–water partition coefficient (Wildman–Crippen LogP) is 2.32. The zero-order chi connectivity index (χ0) is 16.6. The molecule has 1 unspecified atom stereocenters. The molecule has 5 heteroatoms. The van der Waals surface area contributed by atoms with Crippen LogP contribution >= 0.6 is 0 Å². The minimum Gasteiger partial charge on any atom is -0.494 e. The molecule has 0 aromatic heterocycles. The third-order valence-electron chi connectivity index (χ3n) is 4.53. The average molecular weight is 329 g/mol. The van der Waals surface area contributed by atoms with E-state index in [2.05, 4.69) is 28.4 Å². The van der Waals surface area contributed by atoms with Gasteiger partial charge in [0.15, 0.2) is 0 Å². The molecule has 1 saturated heterocycles. The van der Waals surface area contributed by atoms with Gasteiger partial charge in [-0.25, -0.2) is 0 Å². The highest BCUT2D eigenvalue weighted by atomic mass is 16.5. The minimum atomic E-state index is 0.296. The summed E-state index contributed by atoms with van der Waals surface area (Å²) >= 11 is 0. The van der Waals surface area contributed by atoms with Gasteiger partial charge in [-0.15, -0.1) is 0 Å². The van der Waals surface area contributed by atoms with Crippen molar-refractivity contribution in [2.45, 2.75) is 44.4 Å². The lowest BCUT2D eigenvalue weighted by molar-refractivity contribution is -0.0301. The van der Waals surface area contributed by atoms with Crippen molar-refractivity contribution in [1.82, 2.24) is 10.2 Å². The molecule has 1 N–H and O–H groups in total. The van der Waals surface area contributed by atoms with Gasteiger partial charge in [0.05, 0.1) is 25.4 Å². The van der Waals surface area contributed by atoms with Gasteiger partial charge in [0, 0.05) is 38.6 Å². The predicted molar refractivity (Wildman–Crippen MR) is 92.8 cm³/mol. The van der Waals surface area contributed by atoms with Crippen molar-refractivity contribution in [3.8, 4) is 11.8 Å². The van der Waals surface area contributed by atoms with E-state index in [0.717, 1.165) is 51.0 Å². The highest BCUT2D eigenvalue weighted by Crippen LogP contribution is 2.28. The van der Waals surface area contributed by atoms with Crippen LogP contribution in [0.3, 0.4) is 0 Å². The highest BCUT2D eigenvalue weighted by Gasteiger charge is 2.32. The topological polar surface area (TPSA) is 57.5 Å². The molecule has 1 heterocycles. The van der Waals surface area contributed by atoms with Gasteiger partial charge in [-0.2, -0.15) is 5.26 Å². The molecule has 1 aliphatic heterocycles. The highest BCUT2D eigenvalue weighted by molar-refractivity contribution is 5.28. The summed E-state index contributed by atoms with van der Waals surface area (Å²) in [5.41, 5.74) is 1.21. The van der Waals surface area contributed by atoms with E-state index in [1.807, 2.05) is 12.1 Å². The van der Waals surface area contributed by atoms with E-state index in [0.29, 0.717) is 19.1 Å². The second-order valence-corrected chi connectivity index (χ2v) is 6.61. The van der Waals surface area contributed by atoms with E-state index in [4.69, 9.17) is 14.7 Å². The molecule has 2 fully saturated rings. The molecule has 0 spiro atoms. The first-order chi connectivity index (χ1) is 11.8. The smallest absolute Gasteiger partial charge is 0.119 e. The molecule has 24 heavy (non-hydrogen) atoms. The van der Waals surface area contributed by atoms with Crippen LogP contribution in [0.5, 0.6) is 5.75 Å². The monoisotopic (exact) mass is 329 g/mol. The van der Waals surface area contributed by atoms with Crippen molar-refractivity contribution < 1.29 is 9.47 Å². The van der Waals surface area contributed by atoms with Gasteiger partial charge in [-0.05, 0) is 37.0 Å². The van der Waals surface area contributed by atoms with Gasteiger partial charge in [0.25, 0.3) is 0 Å². The maximum atomic E-state index is 8.54. The zero-order valence-electron chi connectivity index (χ0n) is 14.2. The fourth-order valence-corrected chi connectivity index (χ4v) is 3.10. The molecule has 1 aliphatic carbocycles. The summed E-state index contributed by atoms with van der Waals surface area (Å²) in [5.74, 6) is 0.876. The summed E-state index contributed by atoms with van der Waals surface area (Å²) in [4.78, 5) is 2.57. The van der Waals surface area contributed by atoms with Crippen molar-refractivity contribution in [3.63, 3.8) is 0 Å². The Bertz CT molecular complexity index is 554. The zero-order valence-corrected chi connectivity index (χ0v) is 14.2. The van der Waals surface area contributed by atoms with E-state index in [1.54, 1.807) is 0 Å². The number of hydrogen-bond acceptors (Lipinski definition) is 5. The summed E-state index contributed by atoms with van der Waals surface area (Å²) in [6, 6.07) is 11.1. The Morgan fingerprint density at radius 2 is 2.29 bits per heavy atom. The largest absolute Gasteiger partial charge is 0.494 e. The van der Waals surface area contributed by atoms with Gasteiger partial charge in [0.1, 0.15) is 5.75 Å². The Labute approximate surface area is 144 Å². The lowest BCUT2D eigenvalue weighted by atomic mass is 10.2. The van der Waals surface area contributed by atoms with Crippen molar-refractivity contribution in [3.05, 3.63) is 29.8 Å². The van der Waals surface area contributed by atoms with Crippen LogP contribution in [-0.4, -0.2) is 49.9 Å². The molecule has 0 bridgehead atoms. The van der Waals surface area contributed by atoms with Gasteiger partial charge < -0.3 is 14.8 Å². The number of rotatable bonds is 9. The quantitative estimate of drug-likeness (QED) is 0.705. The summed E-state index contributed by atoms with van der Waals surface area (Å²) in [5, 5.41) is 12.0. The second kappa shape index (κ2) is 9.03. The standard InChI is InChI=1S/C19H27N3O2/c20-8-1-2-10-23-18-5-3-4-16(12-18)13-21-14-19-15-22(9-11-24-19)17-6-7-17/h3-5,12,17,19,21H,1-2,6-7,9-11,13-15H2. The fraction of sp³-hybridized carbons (Fsp3) is 0.632. The summed E-state index contributed by atoms with van der Waals surface area (Å²) in [6.45, 7) is 5.30. The summed E-state index contributed by atoms with van der Waals surface area (Å²) < 4.78 is 11.6. The van der Waals surface area contributed by atoms with Crippen LogP contribution in [0.4, 0.5) is 0 Å². The van der Waals surface area contributed by atoms with Crippen LogP contribution in [-0.2, 0) is 11.3 Å². The molecule has 3 rings (SSSR count). The van der Waals surface area contributed by atoms with Crippen molar-refractivity contribution >= 4 is 0 Å². The van der Waals surface area contributed by atoms with Crippen LogP contribution in [0.25, 0.3) is 0 Å². The van der Waals surface area contributed by atoms with Crippen LogP contribution in [0.15, 0.2) is 24.3 Å². The van der Waals surface area contributed by atoms with Gasteiger partial charge >= 0.3 is 0 Å². The lowest BCUT2D eigenvalue weighted by Gasteiger charge is -2.33.